The fraction of sp³-hybridized carbons (Fsp3) is 0.667. The van der Waals surface area contributed by atoms with Gasteiger partial charge in [0.15, 0.2) is 0 Å². The number of carboxylic acids is 1. The third-order valence-corrected chi connectivity index (χ3v) is 2.82. The fourth-order valence-corrected chi connectivity index (χ4v) is 1.87. The molecule has 0 saturated carbocycles. The lowest BCUT2D eigenvalue weighted by molar-refractivity contribution is -0.142. The molecule has 1 saturated heterocycles. The Bertz CT molecular complexity index is 350. The van der Waals surface area contributed by atoms with Gasteiger partial charge in [-0.15, -0.1) is 12.3 Å². The highest BCUT2D eigenvalue weighted by Gasteiger charge is 2.35. The highest BCUT2D eigenvalue weighted by molar-refractivity contribution is 5.85. The molecular formula is C12H18N2O4. The largest absolute Gasteiger partial charge is 0.480 e. The van der Waals surface area contributed by atoms with Crippen LogP contribution in [0.4, 0.5) is 0 Å². The normalized spacial score (nSPS) is 24.2. The molecule has 100 valence electrons. The van der Waals surface area contributed by atoms with Gasteiger partial charge in [0.2, 0.25) is 5.91 Å². The quantitative estimate of drug-likeness (QED) is 0.540. The fourth-order valence-electron chi connectivity index (χ4n) is 1.87. The van der Waals surface area contributed by atoms with Crippen molar-refractivity contribution in [2.45, 2.75) is 25.4 Å². The van der Waals surface area contributed by atoms with Crippen molar-refractivity contribution in [1.29, 1.82) is 0 Å². The van der Waals surface area contributed by atoms with Crippen molar-refractivity contribution in [2.24, 2.45) is 5.92 Å². The molecule has 1 heterocycles. The number of carbonyl (C=O) groups excluding carboxylic acids is 1. The molecular weight excluding hydrogens is 236 g/mol. The van der Waals surface area contributed by atoms with Crippen LogP contribution < -0.4 is 10.6 Å². The van der Waals surface area contributed by atoms with E-state index in [4.69, 9.17) is 16.3 Å². The number of terminal acetylenes is 1. The Morgan fingerprint density at radius 1 is 1.56 bits per heavy atom. The molecule has 0 radical (unpaired) electrons. The van der Waals surface area contributed by atoms with Crippen molar-refractivity contribution in [3.05, 3.63) is 0 Å². The number of amides is 1. The van der Waals surface area contributed by atoms with E-state index >= 15 is 0 Å². The molecule has 1 aliphatic heterocycles. The summed E-state index contributed by atoms with van der Waals surface area (Å²) in [5, 5.41) is 14.5. The molecule has 3 unspecified atom stereocenters. The summed E-state index contributed by atoms with van der Waals surface area (Å²) < 4.78 is 5.23. The summed E-state index contributed by atoms with van der Waals surface area (Å²) >= 11 is 0. The highest BCUT2D eigenvalue weighted by Crippen LogP contribution is 2.14. The van der Waals surface area contributed by atoms with E-state index in [0.29, 0.717) is 13.2 Å². The number of aliphatic carboxylic acids is 1. The lowest BCUT2D eigenvalue weighted by atomic mass is 10.0. The maximum Gasteiger partial charge on any atom is 0.327 e. The van der Waals surface area contributed by atoms with Crippen molar-refractivity contribution in [2.75, 3.05) is 19.8 Å². The topological polar surface area (TPSA) is 87.7 Å². The van der Waals surface area contributed by atoms with Gasteiger partial charge in [0.1, 0.15) is 6.04 Å². The van der Waals surface area contributed by atoms with E-state index in [0.717, 1.165) is 6.54 Å². The smallest absolute Gasteiger partial charge is 0.327 e. The molecule has 3 atom stereocenters. The molecule has 0 aromatic rings. The summed E-state index contributed by atoms with van der Waals surface area (Å²) in [5.74, 6) is 0.411. The molecule has 0 aromatic carbocycles. The van der Waals surface area contributed by atoms with Crippen LogP contribution >= 0.6 is 0 Å². The van der Waals surface area contributed by atoms with Crippen molar-refractivity contribution in [3.63, 3.8) is 0 Å². The Morgan fingerprint density at radius 2 is 2.28 bits per heavy atom. The van der Waals surface area contributed by atoms with E-state index < -0.39 is 12.0 Å². The van der Waals surface area contributed by atoms with Gasteiger partial charge in [-0.25, -0.2) is 4.79 Å². The first-order chi connectivity index (χ1) is 8.60. The van der Waals surface area contributed by atoms with Gasteiger partial charge in [-0.1, -0.05) is 6.92 Å². The first kappa shape index (κ1) is 14.5. The van der Waals surface area contributed by atoms with E-state index in [9.17, 15) is 9.59 Å². The van der Waals surface area contributed by atoms with Crippen LogP contribution in [0.3, 0.4) is 0 Å². The summed E-state index contributed by atoms with van der Waals surface area (Å²) in [7, 11) is 0. The summed E-state index contributed by atoms with van der Waals surface area (Å²) in [6.07, 6.45) is 5.04. The van der Waals surface area contributed by atoms with Gasteiger partial charge in [0, 0.05) is 12.5 Å². The minimum Gasteiger partial charge on any atom is -0.480 e. The Kier molecular flexibility index (Phi) is 5.62. The highest BCUT2D eigenvalue weighted by atomic mass is 16.5. The van der Waals surface area contributed by atoms with Crippen LogP contribution in [-0.2, 0) is 14.3 Å². The van der Waals surface area contributed by atoms with Crippen LogP contribution in [0.15, 0.2) is 0 Å². The Hall–Kier alpha value is -1.58. The van der Waals surface area contributed by atoms with Crippen molar-refractivity contribution >= 4 is 11.9 Å². The molecule has 1 amide bonds. The van der Waals surface area contributed by atoms with Crippen LogP contribution in [0.1, 0.15) is 13.3 Å². The van der Waals surface area contributed by atoms with E-state index in [1.165, 1.54) is 0 Å². The van der Waals surface area contributed by atoms with E-state index in [1.807, 2.05) is 6.92 Å². The van der Waals surface area contributed by atoms with Crippen LogP contribution in [0.25, 0.3) is 0 Å². The van der Waals surface area contributed by atoms with Crippen molar-refractivity contribution in [3.8, 4) is 12.3 Å². The Labute approximate surface area is 106 Å². The first-order valence-corrected chi connectivity index (χ1v) is 5.87. The predicted octanol–water partition coefficient (Wildman–Crippen LogP) is -0.796. The minimum absolute atomic E-state index is 0.0273. The third-order valence-electron chi connectivity index (χ3n) is 2.82. The number of likely N-dealkylation sites (N-methyl/N-ethyl adjacent to an activating group) is 1. The molecule has 0 bridgehead atoms. The summed E-state index contributed by atoms with van der Waals surface area (Å²) in [6, 6.07) is -1.11. The average molecular weight is 254 g/mol. The summed E-state index contributed by atoms with van der Waals surface area (Å²) in [5.41, 5.74) is 0. The number of carboxylic acid groups (broad SMARTS) is 1. The second-order valence-electron chi connectivity index (χ2n) is 4.12. The van der Waals surface area contributed by atoms with E-state index in [2.05, 4.69) is 16.6 Å². The summed E-state index contributed by atoms with van der Waals surface area (Å²) in [6.45, 7) is 3.42. The van der Waals surface area contributed by atoms with Crippen LogP contribution in [0.2, 0.25) is 0 Å². The maximum atomic E-state index is 12.0. The van der Waals surface area contributed by atoms with Gasteiger partial charge in [0.25, 0.3) is 0 Å². The van der Waals surface area contributed by atoms with Gasteiger partial charge in [-0.05, 0) is 6.54 Å². The number of ether oxygens (including phenoxy) is 1. The van der Waals surface area contributed by atoms with Gasteiger partial charge >= 0.3 is 5.97 Å². The Balaban J connectivity index is 2.58. The molecule has 1 rings (SSSR count). The number of hydrogen-bond acceptors (Lipinski definition) is 4. The predicted molar refractivity (Wildman–Crippen MR) is 64.8 cm³/mol. The van der Waals surface area contributed by atoms with E-state index in [-0.39, 0.29) is 24.3 Å². The average Bonchev–Trinajstić information content (AvgIpc) is 2.77. The van der Waals surface area contributed by atoms with Crippen LogP contribution in [0.5, 0.6) is 0 Å². The third kappa shape index (κ3) is 3.72. The number of hydrogen-bond donors (Lipinski definition) is 3. The standard InChI is InChI=1S/C12H18N2O4/c1-3-5-9(12(16)17)14-11(15)8-6-18-7-10(8)13-4-2/h1,8-10,13H,4-7H2,2H3,(H,14,15)(H,16,17). The zero-order valence-corrected chi connectivity index (χ0v) is 10.3. The maximum absolute atomic E-state index is 12.0. The van der Waals surface area contributed by atoms with Gasteiger partial charge in [0.05, 0.1) is 19.1 Å². The number of carbonyl (C=O) groups is 2. The Morgan fingerprint density at radius 3 is 2.83 bits per heavy atom. The summed E-state index contributed by atoms with van der Waals surface area (Å²) in [4.78, 5) is 22.8. The SMILES string of the molecule is C#CCC(NC(=O)C1COCC1NCC)C(=O)O. The molecule has 0 aromatic heterocycles. The molecule has 1 aliphatic rings. The first-order valence-electron chi connectivity index (χ1n) is 5.87. The molecule has 18 heavy (non-hydrogen) atoms. The molecule has 3 N–H and O–H groups in total. The molecule has 0 spiro atoms. The monoisotopic (exact) mass is 254 g/mol. The van der Waals surface area contributed by atoms with Crippen LogP contribution in [0, 0.1) is 18.3 Å². The van der Waals surface area contributed by atoms with Crippen molar-refractivity contribution in [1.82, 2.24) is 10.6 Å². The minimum atomic E-state index is -1.12. The zero-order chi connectivity index (χ0) is 13.5. The van der Waals surface area contributed by atoms with Gasteiger partial charge < -0.3 is 20.5 Å². The van der Waals surface area contributed by atoms with Gasteiger partial charge in [-0.2, -0.15) is 0 Å². The number of nitrogens with one attached hydrogen (secondary N) is 2. The van der Waals surface area contributed by atoms with Crippen molar-refractivity contribution < 1.29 is 19.4 Å². The van der Waals surface area contributed by atoms with Crippen LogP contribution in [-0.4, -0.2) is 48.8 Å². The number of rotatable bonds is 6. The molecule has 6 nitrogen and oxygen atoms in total. The molecule has 1 fully saturated rings. The lowest BCUT2D eigenvalue weighted by Gasteiger charge is -2.20. The van der Waals surface area contributed by atoms with E-state index in [1.54, 1.807) is 0 Å². The molecule has 6 heteroatoms. The van der Waals surface area contributed by atoms with Gasteiger partial charge in [-0.3, -0.25) is 4.79 Å². The lowest BCUT2D eigenvalue weighted by Crippen LogP contribution is -2.49. The second kappa shape index (κ2) is 6.99. The molecule has 0 aliphatic carbocycles. The second-order valence-corrected chi connectivity index (χ2v) is 4.12. The zero-order valence-electron chi connectivity index (χ0n) is 10.3.